The van der Waals surface area contributed by atoms with E-state index < -0.39 is 12.3 Å². The zero-order chi connectivity index (χ0) is 16.3. The maximum Gasteiger partial charge on any atom is 0.327 e. The quantitative estimate of drug-likeness (QED) is 0.540. The molecule has 10 heteroatoms. The van der Waals surface area contributed by atoms with Crippen molar-refractivity contribution in [1.82, 2.24) is 19.6 Å². The Morgan fingerprint density at radius 1 is 0.818 bits per heavy atom. The molecule has 2 fully saturated rings. The van der Waals surface area contributed by atoms with E-state index in [-0.39, 0.29) is 38.8 Å². The van der Waals surface area contributed by atoms with Gasteiger partial charge in [0.05, 0.1) is 6.54 Å². The normalized spacial score (nSPS) is 24.5. The third kappa shape index (κ3) is 2.49. The molecule has 0 N–H and O–H groups in total. The van der Waals surface area contributed by atoms with Gasteiger partial charge in [-0.3, -0.25) is 19.6 Å². The Labute approximate surface area is 128 Å². The fraction of sp³-hybridized carbons (Fsp3) is 0.750. The van der Waals surface area contributed by atoms with Crippen LogP contribution in [0.3, 0.4) is 0 Å². The Kier molecular flexibility index (Phi) is 5.16. The Bertz CT molecular complexity index is 443. The van der Waals surface area contributed by atoms with E-state index in [1.54, 1.807) is 0 Å². The summed E-state index contributed by atoms with van der Waals surface area (Å²) in [6, 6.07) is -0.707. The first-order valence-corrected chi connectivity index (χ1v) is 6.67. The van der Waals surface area contributed by atoms with E-state index in [9.17, 15) is 14.4 Å². The van der Waals surface area contributed by atoms with Crippen LogP contribution < -0.4 is 0 Å². The van der Waals surface area contributed by atoms with Crippen molar-refractivity contribution in [2.24, 2.45) is 0 Å². The number of methoxy groups -OCH3 is 3. The third-order valence-electron chi connectivity index (χ3n) is 3.60. The summed E-state index contributed by atoms with van der Waals surface area (Å²) < 4.78 is 15.2. The van der Waals surface area contributed by atoms with Crippen molar-refractivity contribution in [3.63, 3.8) is 0 Å². The van der Waals surface area contributed by atoms with Gasteiger partial charge in [0, 0.05) is 21.3 Å². The molecule has 0 radical (unpaired) electrons. The summed E-state index contributed by atoms with van der Waals surface area (Å²) in [5.41, 5.74) is 0. The molecule has 0 spiro atoms. The smallest absolute Gasteiger partial charge is 0.327 e. The van der Waals surface area contributed by atoms with Crippen LogP contribution >= 0.6 is 0 Å². The van der Waals surface area contributed by atoms with Gasteiger partial charge in [0.25, 0.3) is 0 Å². The van der Waals surface area contributed by atoms with Crippen molar-refractivity contribution in [3.8, 4) is 0 Å². The Balaban J connectivity index is 2.38. The fourth-order valence-electron chi connectivity index (χ4n) is 2.84. The number of rotatable bonds is 8. The molecule has 2 saturated heterocycles. The van der Waals surface area contributed by atoms with Crippen LogP contribution in [0.2, 0.25) is 0 Å². The van der Waals surface area contributed by atoms with Gasteiger partial charge in [-0.2, -0.15) is 0 Å². The molecule has 2 rings (SSSR count). The first-order chi connectivity index (χ1) is 10.6. The average molecular weight is 316 g/mol. The minimum absolute atomic E-state index is 0.00364. The molecule has 10 nitrogen and oxygen atoms in total. The zero-order valence-corrected chi connectivity index (χ0v) is 12.8. The SMILES string of the molecule is COCN1C(=O)N(COC)C2C1N(CC=O)C(=O)N2COC. The summed E-state index contributed by atoms with van der Waals surface area (Å²) in [6.07, 6.45) is -0.606. The predicted octanol–water partition coefficient (Wildman–Crippen LogP) is -0.876. The molecule has 2 atom stereocenters. The van der Waals surface area contributed by atoms with Crippen molar-refractivity contribution in [2.75, 3.05) is 48.1 Å². The monoisotopic (exact) mass is 316 g/mol. The maximum absolute atomic E-state index is 12.5. The van der Waals surface area contributed by atoms with Crippen LogP contribution in [0.25, 0.3) is 0 Å². The van der Waals surface area contributed by atoms with Crippen LogP contribution in [0.15, 0.2) is 0 Å². The molecule has 0 saturated carbocycles. The second-order valence-corrected chi connectivity index (χ2v) is 4.87. The summed E-state index contributed by atoms with van der Waals surface area (Å²) in [7, 11) is 4.37. The number of carbonyl (C=O) groups excluding carboxylic acids is 3. The molecule has 2 aliphatic heterocycles. The summed E-state index contributed by atoms with van der Waals surface area (Å²) in [6.45, 7) is -0.0927. The van der Waals surface area contributed by atoms with E-state index in [1.807, 2.05) is 0 Å². The number of aldehydes is 1. The molecule has 0 aromatic rings. The molecule has 0 aliphatic carbocycles. The molecular formula is C12H20N4O6. The molecule has 0 bridgehead atoms. The summed E-state index contributed by atoms with van der Waals surface area (Å²) >= 11 is 0. The number of carbonyl (C=O) groups is 3. The highest BCUT2D eigenvalue weighted by atomic mass is 16.5. The van der Waals surface area contributed by atoms with Gasteiger partial charge in [-0.15, -0.1) is 0 Å². The molecule has 4 amide bonds. The lowest BCUT2D eigenvalue weighted by Crippen LogP contribution is -2.48. The van der Waals surface area contributed by atoms with Gasteiger partial charge >= 0.3 is 12.1 Å². The Morgan fingerprint density at radius 3 is 1.55 bits per heavy atom. The van der Waals surface area contributed by atoms with E-state index in [1.165, 1.54) is 40.9 Å². The first kappa shape index (κ1) is 16.5. The molecular weight excluding hydrogens is 296 g/mol. The van der Waals surface area contributed by atoms with Crippen LogP contribution in [0.4, 0.5) is 9.59 Å². The second kappa shape index (κ2) is 6.90. The molecule has 2 aliphatic rings. The Morgan fingerprint density at radius 2 is 1.18 bits per heavy atom. The Hall–Kier alpha value is -1.91. The van der Waals surface area contributed by atoms with Crippen molar-refractivity contribution >= 4 is 18.3 Å². The van der Waals surface area contributed by atoms with Crippen LogP contribution in [0, 0.1) is 0 Å². The number of fused-ring (bicyclic) bond motifs is 1. The van der Waals surface area contributed by atoms with Gasteiger partial charge < -0.3 is 19.0 Å². The molecule has 2 unspecified atom stereocenters. The van der Waals surface area contributed by atoms with E-state index in [0.717, 1.165) is 0 Å². The van der Waals surface area contributed by atoms with E-state index in [4.69, 9.17) is 14.2 Å². The van der Waals surface area contributed by atoms with Crippen molar-refractivity contribution < 1.29 is 28.6 Å². The highest BCUT2D eigenvalue weighted by Crippen LogP contribution is 2.34. The standard InChI is InChI=1S/C12H20N4O6/c1-20-6-14-9-10(16(8-22-3)12(14)19)15(7-21-2)11(18)13(9)4-5-17/h5,9-10H,4,6-8H2,1-3H3. The van der Waals surface area contributed by atoms with E-state index in [2.05, 4.69) is 0 Å². The molecule has 0 aromatic heterocycles. The summed E-state index contributed by atoms with van der Waals surface area (Å²) in [5.74, 6) is 0. The minimum atomic E-state index is -0.629. The van der Waals surface area contributed by atoms with E-state index >= 15 is 0 Å². The van der Waals surface area contributed by atoms with Crippen LogP contribution in [-0.4, -0.2) is 98.3 Å². The largest absolute Gasteiger partial charge is 0.364 e. The van der Waals surface area contributed by atoms with Gasteiger partial charge in [0.2, 0.25) is 0 Å². The average Bonchev–Trinajstić information content (AvgIpc) is 2.90. The lowest BCUT2D eigenvalue weighted by atomic mass is 10.3. The summed E-state index contributed by atoms with van der Waals surface area (Å²) in [4.78, 5) is 41.4. The number of amides is 4. The van der Waals surface area contributed by atoms with Crippen molar-refractivity contribution in [3.05, 3.63) is 0 Å². The highest BCUT2D eigenvalue weighted by molar-refractivity contribution is 5.86. The number of hydrogen-bond donors (Lipinski definition) is 0. The van der Waals surface area contributed by atoms with Gasteiger partial charge in [0.15, 0.2) is 12.3 Å². The first-order valence-electron chi connectivity index (χ1n) is 6.67. The lowest BCUT2D eigenvalue weighted by Gasteiger charge is -2.28. The lowest BCUT2D eigenvalue weighted by molar-refractivity contribution is -0.109. The van der Waals surface area contributed by atoms with Crippen molar-refractivity contribution in [1.29, 1.82) is 0 Å². The zero-order valence-electron chi connectivity index (χ0n) is 12.8. The van der Waals surface area contributed by atoms with Gasteiger partial charge in [-0.1, -0.05) is 0 Å². The second-order valence-electron chi connectivity index (χ2n) is 4.87. The molecule has 124 valence electrons. The number of ether oxygens (including phenoxy) is 3. The highest BCUT2D eigenvalue weighted by Gasteiger charge is 2.59. The van der Waals surface area contributed by atoms with Crippen LogP contribution in [0.1, 0.15) is 0 Å². The third-order valence-corrected chi connectivity index (χ3v) is 3.60. The summed E-state index contributed by atoms with van der Waals surface area (Å²) in [5, 5.41) is 0. The molecule has 2 heterocycles. The molecule has 22 heavy (non-hydrogen) atoms. The number of nitrogens with zero attached hydrogens (tertiary/aromatic N) is 4. The van der Waals surface area contributed by atoms with Gasteiger partial charge in [0.1, 0.15) is 26.5 Å². The number of urea groups is 2. The topological polar surface area (TPSA) is 91.9 Å². The molecule has 0 aromatic carbocycles. The minimum Gasteiger partial charge on any atom is -0.364 e. The predicted molar refractivity (Wildman–Crippen MR) is 72.3 cm³/mol. The van der Waals surface area contributed by atoms with Gasteiger partial charge in [-0.05, 0) is 0 Å². The number of hydrogen-bond acceptors (Lipinski definition) is 6. The fourth-order valence-corrected chi connectivity index (χ4v) is 2.84. The van der Waals surface area contributed by atoms with Gasteiger partial charge in [-0.25, -0.2) is 9.59 Å². The van der Waals surface area contributed by atoms with Crippen LogP contribution in [0.5, 0.6) is 0 Å². The van der Waals surface area contributed by atoms with Crippen LogP contribution in [-0.2, 0) is 19.0 Å². The van der Waals surface area contributed by atoms with Crippen molar-refractivity contribution in [2.45, 2.75) is 12.3 Å². The van der Waals surface area contributed by atoms with E-state index in [0.29, 0.717) is 6.29 Å². The maximum atomic E-state index is 12.5.